The van der Waals surface area contributed by atoms with Gasteiger partial charge in [-0.05, 0) is 24.3 Å². The fraction of sp³-hybridized carbons (Fsp3) is 0.222. The van der Waals surface area contributed by atoms with E-state index in [1.807, 2.05) is 0 Å². The van der Waals surface area contributed by atoms with Gasteiger partial charge in [0.05, 0.1) is 12.7 Å². The van der Waals surface area contributed by atoms with Crippen LogP contribution in [0.4, 0.5) is 5.69 Å². The number of halogens is 1. The molecule has 0 spiro atoms. The number of sulfonamides is 1. The standard InChI is InChI=1S/C9H10ClNO4S/c1-15-9(12)7-2-4-8(5-3-7)11-16(13,14)6-10/h2-5,11H,6H2,1H3. The number of ether oxygens (including phenoxy) is 1. The summed E-state index contributed by atoms with van der Waals surface area (Å²) >= 11 is 5.22. The molecule has 0 atom stereocenters. The minimum atomic E-state index is -3.51. The van der Waals surface area contributed by atoms with Gasteiger partial charge >= 0.3 is 5.97 Å². The summed E-state index contributed by atoms with van der Waals surface area (Å²) in [5, 5.41) is -0.522. The zero-order valence-corrected chi connectivity index (χ0v) is 10.0. The Bertz CT molecular complexity index is 469. The van der Waals surface area contributed by atoms with Crippen LogP contribution in [0.15, 0.2) is 24.3 Å². The van der Waals surface area contributed by atoms with Crippen molar-refractivity contribution in [2.45, 2.75) is 0 Å². The summed E-state index contributed by atoms with van der Waals surface area (Å²) in [4.78, 5) is 11.1. The Morgan fingerprint density at radius 2 is 1.94 bits per heavy atom. The van der Waals surface area contributed by atoms with Gasteiger partial charge in [0.1, 0.15) is 5.21 Å². The summed E-state index contributed by atoms with van der Waals surface area (Å²) in [6.45, 7) is 0. The predicted molar refractivity (Wildman–Crippen MR) is 61.0 cm³/mol. The lowest BCUT2D eigenvalue weighted by Gasteiger charge is -2.05. The molecule has 0 saturated heterocycles. The highest BCUT2D eigenvalue weighted by Crippen LogP contribution is 2.12. The number of alkyl halides is 1. The maximum Gasteiger partial charge on any atom is 0.337 e. The van der Waals surface area contributed by atoms with E-state index in [2.05, 4.69) is 9.46 Å². The van der Waals surface area contributed by atoms with Crippen LogP contribution in [0.1, 0.15) is 10.4 Å². The van der Waals surface area contributed by atoms with Crippen molar-refractivity contribution in [3.63, 3.8) is 0 Å². The number of esters is 1. The van der Waals surface area contributed by atoms with Crippen LogP contribution in [0.2, 0.25) is 0 Å². The van der Waals surface area contributed by atoms with Crippen molar-refractivity contribution in [3.05, 3.63) is 29.8 Å². The first-order valence-corrected chi connectivity index (χ1v) is 6.42. The Morgan fingerprint density at radius 1 is 1.38 bits per heavy atom. The molecule has 0 saturated carbocycles. The molecule has 0 aliphatic heterocycles. The molecule has 0 unspecified atom stereocenters. The summed E-state index contributed by atoms with van der Waals surface area (Å²) < 4.78 is 29.0. The number of benzene rings is 1. The average Bonchev–Trinajstić information content (AvgIpc) is 2.28. The zero-order valence-electron chi connectivity index (χ0n) is 8.44. The molecule has 7 heteroatoms. The van der Waals surface area contributed by atoms with Gasteiger partial charge in [0.25, 0.3) is 0 Å². The van der Waals surface area contributed by atoms with E-state index in [-0.39, 0.29) is 0 Å². The van der Waals surface area contributed by atoms with E-state index in [9.17, 15) is 13.2 Å². The molecule has 1 aromatic carbocycles. The summed E-state index contributed by atoms with van der Waals surface area (Å²) in [6.07, 6.45) is 0. The Labute approximate surface area is 98.4 Å². The summed E-state index contributed by atoms with van der Waals surface area (Å²) in [5.74, 6) is -0.480. The van der Waals surface area contributed by atoms with Gasteiger partial charge in [-0.1, -0.05) is 0 Å². The van der Waals surface area contributed by atoms with Crippen LogP contribution >= 0.6 is 11.6 Å². The molecule has 88 valence electrons. The highest BCUT2D eigenvalue weighted by molar-refractivity contribution is 7.93. The maximum absolute atomic E-state index is 11.1. The molecule has 0 amide bonds. The largest absolute Gasteiger partial charge is 0.465 e. The quantitative estimate of drug-likeness (QED) is 0.659. The van der Waals surface area contributed by atoms with Crippen molar-refractivity contribution < 1.29 is 17.9 Å². The van der Waals surface area contributed by atoms with E-state index >= 15 is 0 Å². The number of carbonyl (C=O) groups is 1. The van der Waals surface area contributed by atoms with E-state index < -0.39 is 21.2 Å². The Kier molecular flexibility index (Phi) is 4.14. The molecule has 0 radical (unpaired) electrons. The number of hydrogen-bond acceptors (Lipinski definition) is 4. The minimum absolute atomic E-state index is 0.341. The molecule has 0 aromatic heterocycles. The molecule has 16 heavy (non-hydrogen) atoms. The summed E-state index contributed by atoms with van der Waals surface area (Å²) in [7, 11) is -2.24. The van der Waals surface area contributed by atoms with Gasteiger partial charge in [0, 0.05) is 5.69 Å². The maximum atomic E-state index is 11.1. The molecule has 5 nitrogen and oxygen atoms in total. The molecule has 1 aromatic rings. The van der Waals surface area contributed by atoms with Crippen LogP contribution in [0.5, 0.6) is 0 Å². The minimum Gasteiger partial charge on any atom is -0.465 e. The van der Waals surface area contributed by atoms with Crippen LogP contribution in [0, 0.1) is 0 Å². The Balaban J connectivity index is 2.84. The van der Waals surface area contributed by atoms with Gasteiger partial charge in [-0.2, -0.15) is 0 Å². The van der Waals surface area contributed by atoms with Gasteiger partial charge in [-0.25, -0.2) is 13.2 Å². The summed E-state index contributed by atoms with van der Waals surface area (Å²) in [5.41, 5.74) is 0.685. The van der Waals surface area contributed by atoms with Crippen LogP contribution in [0.25, 0.3) is 0 Å². The van der Waals surface area contributed by atoms with Gasteiger partial charge in [-0.15, -0.1) is 11.6 Å². The molecule has 0 fully saturated rings. The molecular formula is C9H10ClNO4S. The lowest BCUT2D eigenvalue weighted by Crippen LogP contribution is -2.13. The third-order valence-electron chi connectivity index (χ3n) is 1.72. The Morgan fingerprint density at radius 3 is 2.38 bits per heavy atom. The fourth-order valence-corrected chi connectivity index (χ4v) is 1.71. The van der Waals surface area contributed by atoms with Crippen LogP contribution in [-0.4, -0.2) is 26.7 Å². The lowest BCUT2D eigenvalue weighted by atomic mass is 10.2. The number of nitrogens with one attached hydrogen (secondary N) is 1. The first-order valence-electron chi connectivity index (χ1n) is 4.23. The average molecular weight is 264 g/mol. The molecular weight excluding hydrogens is 254 g/mol. The summed E-state index contributed by atoms with van der Waals surface area (Å²) in [6, 6.07) is 5.82. The second-order valence-corrected chi connectivity index (χ2v) is 5.20. The normalized spacial score (nSPS) is 10.9. The lowest BCUT2D eigenvalue weighted by molar-refractivity contribution is 0.0601. The van der Waals surface area contributed by atoms with Gasteiger partial charge < -0.3 is 4.74 Å². The van der Waals surface area contributed by atoms with Gasteiger partial charge in [0.2, 0.25) is 10.0 Å². The molecule has 0 heterocycles. The van der Waals surface area contributed by atoms with Crippen molar-refractivity contribution in [2.75, 3.05) is 17.0 Å². The fourth-order valence-electron chi connectivity index (χ4n) is 0.999. The van der Waals surface area contributed by atoms with Crippen molar-refractivity contribution in [1.29, 1.82) is 0 Å². The monoisotopic (exact) mass is 263 g/mol. The number of rotatable bonds is 4. The number of hydrogen-bond donors (Lipinski definition) is 1. The second kappa shape index (κ2) is 5.18. The number of carbonyl (C=O) groups excluding carboxylic acids is 1. The smallest absolute Gasteiger partial charge is 0.337 e. The topological polar surface area (TPSA) is 72.5 Å². The van der Waals surface area contributed by atoms with E-state index in [1.165, 1.54) is 31.4 Å². The molecule has 0 aliphatic carbocycles. The van der Waals surface area contributed by atoms with Crippen molar-refractivity contribution in [3.8, 4) is 0 Å². The van der Waals surface area contributed by atoms with E-state index in [0.29, 0.717) is 11.3 Å². The van der Waals surface area contributed by atoms with Crippen LogP contribution in [-0.2, 0) is 14.8 Å². The van der Waals surface area contributed by atoms with Crippen molar-refractivity contribution >= 4 is 33.3 Å². The third-order valence-corrected chi connectivity index (χ3v) is 3.42. The SMILES string of the molecule is COC(=O)c1ccc(NS(=O)(=O)CCl)cc1. The molecule has 1 rings (SSSR count). The number of methoxy groups -OCH3 is 1. The second-order valence-electron chi connectivity index (χ2n) is 2.89. The van der Waals surface area contributed by atoms with Crippen molar-refractivity contribution in [2.24, 2.45) is 0 Å². The first kappa shape index (κ1) is 12.8. The van der Waals surface area contributed by atoms with E-state index in [0.717, 1.165) is 0 Å². The first-order chi connectivity index (χ1) is 7.48. The van der Waals surface area contributed by atoms with Crippen molar-refractivity contribution in [1.82, 2.24) is 0 Å². The highest BCUT2D eigenvalue weighted by Gasteiger charge is 2.09. The Hall–Kier alpha value is -1.27. The zero-order chi connectivity index (χ0) is 12.2. The van der Waals surface area contributed by atoms with E-state index in [1.54, 1.807) is 0 Å². The van der Waals surface area contributed by atoms with Gasteiger partial charge in [-0.3, -0.25) is 4.72 Å². The van der Waals surface area contributed by atoms with Crippen LogP contribution in [0.3, 0.4) is 0 Å². The number of anilines is 1. The molecule has 0 bridgehead atoms. The third kappa shape index (κ3) is 3.39. The highest BCUT2D eigenvalue weighted by atomic mass is 35.5. The predicted octanol–water partition coefficient (Wildman–Crippen LogP) is 1.41. The molecule has 0 aliphatic rings. The molecule has 1 N–H and O–H groups in total. The van der Waals surface area contributed by atoms with E-state index in [4.69, 9.17) is 11.6 Å². The van der Waals surface area contributed by atoms with Gasteiger partial charge in [0.15, 0.2) is 0 Å². The van der Waals surface area contributed by atoms with Crippen LogP contribution < -0.4 is 4.72 Å².